The van der Waals surface area contributed by atoms with Gasteiger partial charge in [-0.15, -0.1) is 0 Å². The smallest absolute Gasteiger partial charge is 0.226 e. The molecule has 1 heterocycles. The molecule has 0 aliphatic carbocycles. The number of nitrogens with one attached hydrogen (secondary N) is 2. The SMILES string of the molecule is CCCc1noc(CCCC(=O)NCCNC)n1. The quantitative estimate of drug-likeness (QED) is 0.633. The van der Waals surface area contributed by atoms with Crippen molar-refractivity contribution in [2.24, 2.45) is 0 Å². The number of carbonyl (C=O) groups is 1. The van der Waals surface area contributed by atoms with E-state index in [1.54, 1.807) is 0 Å². The molecule has 0 spiro atoms. The first kappa shape index (κ1) is 14.6. The summed E-state index contributed by atoms with van der Waals surface area (Å²) in [5.74, 6) is 1.45. The van der Waals surface area contributed by atoms with Gasteiger partial charge in [-0.1, -0.05) is 12.1 Å². The third kappa shape index (κ3) is 5.77. The molecular weight excluding hydrogens is 232 g/mol. The third-order valence-electron chi connectivity index (χ3n) is 2.48. The molecule has 0 saturated carbocycles. The monoisotopic (exact) mass is 254 g/mol. The van der Waals surface area contributed by atoms with Crippen molar-refractivity contribution in [3.05, 3.63) is 11.7 Å². The summed E-state index contributed by atoms with van der Waals surface area (Å²) < 4.78 is 5.09. The molecule has 6 heteroatoms. The molecule has 0 aromatic carbocycles. The Balaban J connectivity index is 2.14. The molecule has 1 rings (SSSR count). The van der Waals surface area contributed by atoms with Crippen LogP contribution in [0.1, 0.15) is 37.9 Å². The van der Waals surface area contributed by atoms with Crippen molar-refractivity contribution in [3.8, 4) is 0 Å². The zero-order valence-electron chi connectivity index (χ0n) is 11.2. The minimum Gasteiger partial charge on any atom is -0.355 e. The van der Waals surface area contributed by atoms with Gasteiger partial charge in [-0.3, -0.25) is 4.79 Å². The number of rotatable bonds is 9. The van der Waals surface area contributed by atoms with E-state index in [-0.39, 0.29) is 5.91 Å². The highest BCUT2D eigenvalue weighted by atomic mass is 16.5. The lowest BCUT2D eigenvalue weighted by Crippen LogP contribution is -2.30. The van der Waals surface area contributed by atoms with Crippen LogP contribution in [-0.2, 0) is 17.6 Å². The molecule has 0 unspecified atom stereocenters. The predicted octanol–water partition coefficient (Wildman–Crippen LogP) is 0.680. The van der Waals surface area contributed by atoms with Gasteiger partial charge in [0.25, 0.3) is 0 Å². The minimum absolute atomic E-state index is 0.0681. The fourth-order valence-electron chi connectivity index (χ4n) is 1.53. The van der Waals surface area contributed by atoms with E-state index in [1.165, 1.54) is 0 Å². The van der Waals surface area contributed by atoms with Crippen LogP contribution in [0.2, 0.25) is 0 Å². The van der Waals surface area contributed by atoms with E-state index < -0.39 is 0 Å². The number of nitrogens with zero attached hydrogens (tertiary/aromatic N) is 2. The summed E-state index contributed by atoms with van der Waals surface area (Å²) in [6.45, 7) is 3.53. The van der Waals surface area contributed by atoms with Crippen molar-refractivity contribution < 1.29 is 9.32 Å². The van der Waals surface area contributed by atoms with E-state index >= 15 is 0 Å². The van der Waals surface area contributed by atoms with Crippen molar-refractivity contribution in [1.29, 1.82) is 0 Å². The molecule has 0 saturated heterocycles. The Kier molecular flexibility index (Phi) is 7.01. The molecule has 0 fully saturated rings. The van der Waals surface area contributed by atoms with E-state index in [1.807, 2.05) is 7.05 Å². The Morgan fingerprint density at radius 3 is 2.89 bits per heavy atom. The van der Waals surface area contributed by atoms with Crippen LogP contribution in [0, 0.1) is 0 Å². The molecule has 102 valence electrons. The Morgan fingerprint density at radius 2 is 2.17 bits per heavy atom. The number of amides is 1. The van der Waals surface area contributed by atoms with Gasteiger partial charge >= 0.3 is 0 Å². The fourth-order valence-corrected chi connectivity index (χ4v) is 1.53. The van der Waals surface area contributed by atoms with Crippen molar-refractivity contribution in [2.75, 3.05) is 20.1 Å². The zero-order valence-corrected chi connectivity index (χ0v) is 11.2. The molecule has 1 amide bonds. The Labute approximate surface area is 108 Å². The summed E-state index contributed by atoms with van der Waals surface area (Å²) in [7, 11) is 1.86. The number of likely N-dealkylation sites (N-methyl/N-ethyl adjacent to an activating group) is 1. The molecule has 0 atom stereocenters. The van der Waals surface area contributed by atoms with E-state index in [0.717, 1.165) is 31.6 Å². The molecule has 6 nitrogen and oxygen atoms in total. The zero-order chi connectivity index (χ0) is 13.2. The number of hydrogen-bond donors (Lipinski definition) is 2. The van der Waals surface area contributed by atoms with Crippen LogP contribution in [0.3, 0.4) is 0 Å². The van der Waals surface area contributed by atoms with Crippen molar-refractivity contribution in [3.63, 3.8) is 0 Å². The van der Waals surface area contributed by atoms with Crippen LogP contribution in [0.5, 0.6) is 0 Å². The topological polar surface area (TPSA) is 80.0 Å². The Hall–Kier alpha value is -1.43. The predicted molar refractivity (Wildman–Crippen MR) is 68.2 cm³/mol. The summed E-state index contributed by atoms with van der Waals surface area (Å²) in [6.07, 6.45) is 3.74. The maximum absolute atomic E-state index is 11.4. The highest BCUT2D eigenvalue weighted by molar-refractivity contribution is 5.75. The Morgan fingerprint density at radius 1 is 1.33 bits per heavy atom. The van der Waals surface area contributed by atoms with Crippen LogP contribution < -0.4 is 10.6 Å². The number of hydrogen-bond acceptors (Lipinski definition) is 5. The summed E-state index contributed by atoms with van der Waals surface area (Å²) >= 11 is 0. The van der Waals surface area contributed by atoms with E-state index in [4.69, 9.17) is 4.52 Å². The summed E-state index contributed by atoms with van der Waals surface area (Å²) in [6, 6.07) is 0. The van der Waals surface area contributed by atoms with Crippen molar-refractivity contribution >= 4 is 5.91 Å². The van der Waals surface area contributed by atoms with Crippen molar-refractivity contribution in [1.82, 2.24) is 20.8 Å². The summed E-state index contributed by atoms with van der Waals surface area (Å²) in [5.41, 5.74) is 0. The molecule has 0 bridgehead atoms. The highest BCUT2D eigenvalue weighted by Crippen LogP contribution is 2.04. The Bertz CT molecular complexity index is 352. The lowest BCUT2D eigenvalue weighted by atomic mass is 10.2. The first-order chi connectivity index (χ1) is 8.76. The van der Waals surface area contributed by atoms with Gasteiger partial charge in [-0.25, -0.2) is 0 Å². The average molecular weight is 254 g/mol. The van der Waals surface area contributed by atoms with Gasteiger partial charge in [0, 0.05) is 32.4 Å². The van der Waals surface area contributed by atoms with Crippen molar-refractivity contribution in [2.45, 2.75) is 39.0 Å². The highest BCUT2D eigenvalue weighted by Gasteiger charge is 2.06. The largest absolute Gasteiger partial charge is 0.355 e. The minimum atomic E-state index is 0.0681. The fraction of sp³-hybridized carbons (Fsp3) is 0.750. The van der Waals surface area contributed by atoms with E-state index in [2.05, 4.69) is 27.7 Å². The molecule has 0 aliphatic rings. The molecule has 18 heavy (non-hydrogen) atoms. The molecule has 1 aromatic heterocycles. The second-order valence-corrected chi connectivity index (χ2v) is 4.16. The lowest BCUT2D eigenvalue weighted by molar-refractivity contribution is -0.121. The van der Waals surface area contributed by atoms with Crippen LogP contribution in [0.25, 0.3) is 0 Å². The molecular formula is C12H22N4O2. The molecule has 2 N–H and O–H groups in total. The van der Waals surface area contributed by atoms with Gasteiger partial charge in [-0.2, -0.15) is 4.98 Å². The third-order valence-corrected chi connectivity index (χ3v) is 2.48. The van der Waals surface area contributed by atoms with Crippen LogP contribution in [0.15, 0.2) is 4.52 Å². The first-order valence-electron chi connectivity index (χ1n) is 6.49. The summed E-state index contributed by atoms with van der Waals surface area (Å²) in [5, 5.41) is 9.67. The van der Waals surface area contributed by atoms with Gasteiger partial charge in [0.2, 0.25) is 11.8 Å². The standard InChI is InChI=1S/C12H22N4O2/c1-3-5-10-15-12(18-16-10)7-4-6-11(17)14-9-8-13-2/h13H,3-9H2,1-2H3,(H,14,17). The van der Waals surface area contributed by atoms with Crippen LogP contribution >= 0.6 is 0 Å². The number of carbonyl (C=O) groups excluding carboxylic acids is 1. The lowest BCUT2D eigenvalue weighted by Gasteiger charge is -2.03. The van der Waals surface area contributed by atoms with Gasteiger partial charge < -0.3 is 15.2 Å². The average Bonchev–Trinajstić information content (AvgIpc) is 2.78. The van der Waals surface area contributed by atoms with Crippen LogP contribution in [-0.4, -0.2) is 36.2 Å². The maximum atomic E-state index is 11.4. The normalized spacial score (nSPS) is 10.6. The van der Waals surface area contributed by atoms with Gasteiger partial charge in [-0.05, 0) is 19.9 Å². The summed E-state index contributed by atoms with van der Waals surface area (Å²) in [4.78, 5) is 15.7. The van der Waals surface area contributed by atoms with E-state index in [0.29, 0.717) is 25.3 Å². The first-order valence-corrected chi connectivity index (χ1v) is 6.49. The molecule has 0 aliphatic heterocycles. The molecule has 0 radical (unpaired) electrons. The second kappa shape index (κ2) is 8.63. The van der Waals surface area contributed by atoms with Crippen LogP contribution in [0.4, 0.5) is 0 Å². The van der Waals surface area contributed by atoms with Gasteiger partial charge in [0.05, 0.1) is 0 Å². The van der Waals surface area contributed by atoms with E-state index in [9.17, 15) is 4.79 Å². The van der Waals surface area contributed by atoms with Gasteiger partial charge in [0.1, 0.15) is 0 Å². The number of aryl methyl sites for hydroxylation is 2. The van der Waals surface area contributed by atoms with Gasteiger partial charge in [0.15, 0.2) is 5.82 Å². The second-order valence-electron chi connectivity index (χ2n) is 4.16. The number of aromatic nitrogens is 2. The molecule has 1 aromatic rings. The maximum Gasteiger partial charge on any atom is 0.226 e.